The number of nitriles is 1. The number of halogens is 1. The summed E-state index contributed by atoms with van der Waals surface area (Å²) in [6, 6.07) is 9.35. The molecule has 0 saturated heterocycles. The summed E-state index contributed by atoms with van der Waals surface area (Å²) in [7, 11) is 1.65. The molecule has 0 aliphatic heterocycles. The maximum absolute atomic E-state index is 12.2. The summed E-state index contributed by atoms with van der Waals surface area (Å²) < 4.78 is 0.981. The molecular formula is C17H15ClN4O4. The van der Waals surface area contributed by atoms with Crippen molar-refractivity contribution in [3.63, 3.8) is 0 Å². The highest BCUT2D eigenvalue weighted by Crippen LogP contribution is 2.22. The SMILES string of the molecule is CN(CC(=O)Nc1ccc(=O)n(CC(=O)O)c1)c1ccc(Cl)cc1C#N. The third-order valence-corrected chi connectivity index (χ3v) is 3.68. The number of aromatic nitrogens is 1. The van der Waals surface area contributed by atoms with Gasteiger partial charge in [-0.2, -0.15) is 5.26 Å². The molecule has 0 spiro atoms. The van der Waals surface area contributed by atoms with Gasteiger partial charge >= 0.3 is 5.97 Å². The number of rotatable bonds is 6. The minimum Gasteiger partial charge on any atom is -0.480 e. The summed E-state index contributed by atoms with van der Waals surface area (Å²) in [4.78, 5) is 36.1. The predicted octanol–water partition coefficient (Wildman–Crippen LogP) is 1.53. The lowest BCUT2D eigenvalue weighted by Crippen LogP contribution is -2.31. The van der Waals surface area contributed by atoms with Gasteiger partial charge in [-0.3, -0.25) is 14.4 Å². The number of anilines is 2. The lowest BCUT2D eigenvalue weighted by Gasteiger charge is -2.20. The van der Waals surface area contributed by atoms with E-state index in [1.807, 2.05) is 6.07 Å². The van der Waals surface area contributed by atoms with E-state index >= 15 is 0 Å². The van der Waals surface area contributed by atoms with Crippen LogP contribution in [0.5, 0.6) is 0 Å². The van der Waals surface area contributed by atoms with E-state index in [1.165, 1.54) is 24.4 Å². The third-order valence-electron chi connectivity index (χ3n) is 3.44. The van der Waals surface area contributed by atoms with Gasteiger partial charge in [0.25, 0.3) is 5.56 Å². The number of benzene rings is 1. The molecule has 2 aromatic rings. The van der Waals surface area contributed by atoms with Crippen molar-refractivity contribution in [1.82, 2.24) is 4.57 Å². The summed E-state index contributed by atoms with van der Waals surface area (Å²) in [5.41, 5.74) is 0.689. The number of hydrogen-bond donors (Lipinski definition) is 2. The molecule has 134 valence electrons. The van der Waals surface area contributed by atoms with Crippen molar-refractivity contribution in [2.24, 2.45) is 0 Å². The first-order valence-electron chi connectivity index (χ1n) is 7.43. The second-order valence-electron chi connectivity index (χ2n) is 5.46. The fourth-order valence-electron chi connectivity index (χ4n) is 2.31. The number of aliphatic carboxylic acids is 1. The number of nitrogens with zero attached hydrogens (tertiary/aromatic N) is 3. The number of nitrogens with one attached hydrogen (secondary N) is 1. The maximum atomic E-state index is 12.2. The van der Waals surface area contributed by atoms with Crippen LogP contribution in [0, 0.1) is 11.3 Å². The number of amides is 1. The normalized spacial score (nSPS) is 10.0. The van der Waals surface area contributed by atoms with Crippen LogP contribution in [0.15, 0.2) is 41.3 Å². The van der Waals surface area contributed by atoms with Gasteiger partial charge in [-0.25, -0.2) is 0 Å². The molecule has 8 nitrogen and oxygen atoms in total. The highest BCUT2D eigenvalue weighted by molar-refractivity contribution is 6.30. The van der Waals surface area contributed by atoms with Gasteiger partial charge in [0, 0.05) is 24.3 Å². The summed E-state index contributed by atoms with van der Waals surface area (Å²) in [6.07, 6.45) is 1.26. The summed E-state index contributed by atoms with van der Waals surface area (Å²) in [5, 5.41) is 21.0. The zero-order chi connectivity index (χ0) is 19.3. The second-order valence-corrected chi connectivity index (χ2v) is 5.89. The van der Waals surface area contributed by atoms with E-state index in [0.29, 0.717) is 22.0 Å². The van der Waals surface area contributed by atoms with E-state index in [0.717, 1.165) is 4.57 Å². The summed E-state index contributed by atoms with van der Waals surface area (Å²) >= 11 is 5.86. The number of carbonyl (C=O) groups is 2. The Morgan fingerprint density at radius 3 is 2.73 bits per heavy atom. The maximum Gasteiger partial charge on any atom is 0.323 e. The topological polar surface area (TPSA) is 115 Å². The number of carboxylic acids is 1. The van der Waals surface area contributed by atoms with Gasteiger partial charge in [0.2, 0.25) is 5.91 Å². The van der Waals surface area contributed by atoms with Crippen molar-refractivity contribution < 1.29 is 14.7 Å². The van der Waals surface area contributed by atoms with Gasteiger partial charge in [0.05, 0.1) is 23.5 Å². The van der Waals surface area contributed by atoms with Crippen LogP contribution in [-0.2, 0) is 16.1 Å². The van der Waals surface area contributed by atoms with Crippen LogP contribution in [-0.4, -0.2) is 35.1 Å². The molecule has 1 heterocycles. The van der Waals surface area contributed by atoms with Crippen molar-refractivity contribution in [2.75, 3.05) is 23.8 Å². The molecule has 0 bridgehead atoms. The van der Waals surface area contributed by atoms with Crippen molar-refractivity contribution in [1.29, 1.82) is 5.26 Å². The molecule has 1 aromatic heterocycles. The zero-order valence-electron chi connectivity index (χ0n) is 13.8. The van der Waals surface area contributed by atoms with Crippen LogP contribution < -0.4 is 15.8 Å². The zero-order valence-corrected chi connectivity index (χ0v) is 14.5. The third kappa shape index (κ3) is 4.84. The van der Waals surface area contributed by atoms with Gasteiger partial charge in [-0.1, -0.05) is 11.6 Å². The Morgan fingerprint density at radius 2 is 2.08 bits per heavy atom. The first kappa shape index (κ1) is 19.0. The fourth-order valence-corrected chi connectivity index (χ4v) is 2.48. The van der Waals surface area contributed by atoms with Crippen molar-refractivity contribution in [3.8, 4) is 6.07 Å². The number of hydrogen-bond acceptors (Lipinski definition) is 5. The smallest absolute Gasteiger partial charge is 0.323 e. The van der Waals surface area contributed by atoms with Crippen molar-refractivity contribution >= 4 is 34.9 Å². The Labute approximate surface area is 153 Å². The van der Waals surface area contributed by atoms with E-state index in [1.54, 1.807) is 24.1 Å². The van der Waals surface area contributed by atoms with Crippen LogP contribution in [0.4, 0.5) is 11.4 Å². The van der Waals surface area contributed by atoms with Crippen molar-refractivity contribution in [3.05, 3.63) is 57.5 Å². The molecule has 0 radical (unpaired) electrons. The largest absolute Gasteiger partial charge is 0.480 e. The van der Waals surface area contributed by atoms with Crippen LogP contribution >= 0.6 is 11.6 Å². The monoisotopic (exact) mass is 374 g/mol. The lowest BCUT2D eigenvalue weighted by atomic mass is 10.2. The molecule has 2 N–H and O–H groups in total. The predicted molar refractivity (Wildman–Crippen MR) is 96.4 cm³/mol. The van der Waals surface area contributed by atoms with Crippen molar-refractivity contribution in [2.45, 2.75) is 6.54 Å². The molecule has 2 rings (SSSR count). The number of carbonyl (C=O) groups excluding carboxylic acids is 1. The molecule has 9 heteroatoms. The molecule has 0 aliphatic carbocycles. The highest BCUT2D eigenvalue weighted by atomic mass is 35.5. The Bertz CT molecular complexity index is 949. The number of likely N-dealkylation sites (N-methyl/N-ethyl adjacent to an activating group) is 1. The first-order chi connectivity index (χ1) is 12.3. The standard InChI is InChI=1S/C17H15ClN4O4/c1-21(14-4-2-12(18)6-11(14)7-19)9-15(23)20-13-3-5-16(24)22(8-13)10-17(25)26/h2-6,8H,9-10H2,1H3,(H,20,23)(H,25,26). The van der Waals surface area contributed by atoms with Gasteiger partial charge < -0.3 is 19.9 Å². The molecule has 0 saturated carbocycles. The minimum absolute atomic E-state index is 0.0611. The minimum atomic E-state index is -1.16. The quantitative estimate of drug-likeness (QED) is 0.792. The fraction of sp³-hybridized carbons (Fsp3) is 0.176. The Morgan fingerprint density at radius 1 is 1.35 bits per heavy atom. The molecular weight excluding hydrogens is 360 g/mol. The van der Waals surface area contributed by atoms with E-state index < -0.39 is 24.0 Å². The van der Waals surface area contributed by atoms with E-state index in [2.05, 4.69) is 5.32 Å². The van der Waals surface area contributed by atoms with Gasteiger partial charge in [0.1, 0.15) is 12.6 Å². The Kier molecular flexibility index (Phi) is 5.98. The van der Waals surface area contributed by atoms with Crippen LogP contribution in [0.25, 0.3) is 0 Å². The lowest BCUT2D eigenvalue weighted by molar-refractivity contribution is -0.137. The Hall–Kier alpha value is -3.31. The molecule has 1 aromatic carbocycles. The van der Waals surface area contributed by atoms with Gasteiger partial charge in [-0.05, 0) is 24.3 Å². The van der Waals surface area contributed by atoms with Gasteiger partial charge in [-0.15, -0.1) is 0 Å². The van der Waals surface area contributed by atoms with Crippen LogP contribution in [0.2, 0.25) is 5.02 Å². The van der Waals surface area contributed by atoms with E-state index in [4.69, 9.17) is 16.7 Å². The second kappa shape index (κ2) is 8.18. The molecule has 0 atom stereocenters. The average Bonchev–Trinajstić information content (AvgIpc) is 2.57. The van der Waals surface area contributed by atoms with Crippen LogP contribution in [0.1, 0.15) is 5.56 Å². The van der Waals surface area contributed by atoms with Gasteiger partial charge in [0.15, 0.2) is 0 Å². The van der Waals surface area contributed by atoms with E-state index in [-0.39, 0.29) is 6.54 Å². The summed E-state index contributed by atoms with van der Waals surface area (Å²) in [6.45, 7) is -0.562. The number of pyridine rings is 1. The molecule has 0 unspecified atom stereocenters. The first-order valence-corrected chi connectivity index (χ1v) is 7.81. The average molecular weight is 375 g/mol. The highest BCUT2D eigenvalue weighted by Gasteiger charge is 2.13. The van der Waals surface area contributed by atoms with E-state index in [9.17, 15) is 19.6 Å². The molecule has 0 aliphatic rings. The van der Waals surface area contributed by atoms with Crippen LogP contribution in [0.3, 0.4) is 0 Å². The summed E-state index contributed by atoms with van der Waals surface area (Å²) in [5.74, 6) is -1.56. The molecule has 26 heavy (non-hydrogen) atoms. The Balaban J connectivity index is 2.10. The number of carboxylic acid groups (broad SMARTS) is 1. The molecule has 1 amide bonds. The molecule has 0 fully saturated rings.